The quantitative estimate of drug-likeness (QED) is 0.780. The lowest BCUT2D eigenvalue weighted by atomic mass is 9.73. The maximum Gasteiger partial charge on any atom is 0.339 e. The van der Waals surface area contributed by atoms with Crippen LogP contribution in [0.25, 0.3) is 0 Å². The summed E-state index contributed by atoms with van der Waals surface area (Å²) in [7, 11) is 0. The molecule has 1 aliphatic carbocycles. The Hall–Kier alpha value is -1.78. The Kier molecular flexibility index (Phi) is 3.64. The lowest BCUT2D eigenvalue weighted by Gasteiger charge is -2.39. The topological polar surface area (TPSA) is 88.2 Å². The van der Waals surface area contributed by atoms with Crippen LogP contribution in [-0.2, 0) is 0 Å². The van der Waals surface area contributed by atoms with Crippen LogP contribution < -0.4 is 11.1 Å². The number of nitrogen functional groups attached to an aromatic ring is 1. The summed E-state index contributed by atoms with van der Waals surface area (Å²) in [4.78, 5) is 15.4. The number of carboxylic acid groups (broad SMARTS) is 1. The predicted molar refractivity (Wildman–Crippen MR) is 75.3 cm³/mol. The van der Waals surface area contributed by atoms with Crippen LogP contribution in [0, 0.1) is 5.41 Å². The van der Waals surface area contributed by atoms with E-state index in [-0.39, 0.29) is 17.0 Å². The number of rotatable bonds is 3. The first-order valence-corrected chi connectivity index (χ1v) is 6.65. The van der Waals surface area contributed by atoms with Crippen molar-refractivity contribution in [2.24, 2.45) is 5.41 Å². The third kappa shape index (κ3) is 2.97. The molecule has 1 heterocycles. The molecule has 1 fully saturated rings. The average Bonchev–Trinajstić information content (AvgIpc) is 2.33. The van der Waals surface area contributed by atoms with Gasteiger partial charge in [0, 0.05) is 6.04 Å². The Labute approximate surface area is 113 Å². The molecule has 0 radical (unpaired) electrons. The normalized spacial score (nSPS) is 21.9. The average molecular weight is 263 g/mol. The van der Waals surface area contributed by atoms with Crippen LogP contribution in [0.5, 0.6) is 0 Å². The van der Waals surface area contributed by atoms with Gasteiger partial charge in [0.15, 0.2) is 0 Å². The molecule has 0 amide bonds. The number of nitrogens with two attached hydrogens (primary N) is 1. The summed E-state index contributed by atoms with van der Waals surface area (Å²) < 4.78 is 0. The van der Waals surface area contributed by atoms with E-state index in [2.05, 4.69) is 24.1 Å². The molecule has 1 aromatic heterocycles. The number of pyridine rings is 1. The van der Waals surface area contributed by atoms with Crippen molar-refractivity contribution in [3.8, 4) is 0 Å². The van der Waals surface area contributed by atoms with Crippen LogP contribution in [0.1, 0.15) is 49.9 Å². The Balaban J connectivity index is 2.25. The van der Waals surface area contributed by atoms with Crippen molar-refractivity contribution in [3.05, 3.63) is 17.8 Å². The minimum atomic E-state index is -1.00. The SMILES string of the molecule is CC1(C)CCCCC1Nc1ncc(N)cc1C(=O)O. The highest BCUT2D eigenvalue weighted by Gasteiger charge is 2.33. The molecule has 5 nitrogen and oxygen atoms in total. The second-order valence-corrected chi connectivity index (χ2v) is 5.90. The van der Waals surface area contributed by atoms with Crippen molar-refractivity contribution in [1.82, 2.24) is 4.98 Å². The van der Waals surface area contributed by atoms with Gasteiger partial charge in [0.25, 0.3) is 0 Å². The van der Waals surface area contributed by atoms with E-state index >= 15 is 0 Å². The van der Waals surface area contributed by atoms with Gasteiger partial charge < -0.3 is 16.2 Å². The van der Waals surface area contributed by atoms with E-state index in [4.69, 9.17) is 5.73 Å². The van der Waals surface area contributed by atoms with E-state index < -0.39 is 5.97 Å². The highest BCUT2D eigenvalue weighted by molar-refractivity contribution is 5.94. The van der Waals surface area contributed by atoms with Gasteiger partial charge in [0.05, 0.1) is 11.9 Å². The summed E-state index contributed by atoms with van der Waals surface area (Å²) in [6, 6.07) is 1.70. The van der Waals surface area contributed by atoms with E-state index in [1.54, 1.807) is 0 Å². The van der Waals surface area contributed by atoms with Gasteiger partial charge in [0.2, 0.25) is 0 Å². The summed E-state index contributed by atoms with van der Waals surface area (Å²) in [6.45, 7) is 4.42. The van der Waals surface area contributed by atoms with Gasteiger partial charge in [-0.15, -0.1) is 0 Å². The van der Waals surface area contributed by atoms with Crippen molar-refractivity contribution in [2.75, 3.05) is 11.1 Å². The zero-order valence-corrected chi connectivity index (χ0v) is 11.4. The standard InChI is InChI=1S/C14H21N3O2/c1-14(2)6-4-3-5-11(14)17-12-10(13(18)19)7-9(15)8-16-12/h7-8,11H,3-6,15H2,1-2H3,(H,16,17)(H,18,19). The van der Waals surface area contributed by atoms with Crippen molar-refractivity contribution in [3.63, 3.8) is 0 Å². The summed E-state index contributed by atoms with van der Waals surface area (Å²) in [5, 5.41) is 12.5. The van der Waals surface area contributed by atoms with Crippen LogP contribution in [0.2, 0.25) is 0 Å². The van der Waals surface area contributed by atoms with Gasteiger partial charge in [0.1, 0.15) is 11.4 Å². The first-order chi connectivity index (χ1) is 8.90. The molecule has 2 rings (SSSR count). The number of hydrogen-bond acceptors (Lipinski definition) is 4. The highest BCUT2D eigenvalue weighted by Crippen LogP contribution is 2.37. The molecule has 0 aromatic carbocycles. The van der Waals surface area contributed by atoms with Gasteiger partial charge in [-0.05, 0) is 24.3 Å². The molecule has 1 aromatic rings. The third-order valence-corrected chi connectivity index (χ3v) is 3.96. The lowest BCUT2D eigenvalue weighted by molar-refractivity contribution is 0.0697. The van der Waals surface area contributed by atoms with Gasteiger partial charge in [-0.25, -0.2) is 9.78 Å². The number of carbonyl (C=O) groups is 1. The summed E-state index contributed by atoms with van der Waals surface area (Å²) >= 11 is 0. The molecule has 1 saturated carbocycles. The maximum atomic E-state index is 11.2. The summed E-state index contributed by atoms with van der Waals surface area (Å²) in [5.74, 6) is -0.586. The Morgan fingerprint density at radius 2 is 2.26 bits per heavy atom. The maximum absolute atomic E-state index is 11.2. The molecule has 104 valence electrons. The van der Waals surface area contributed by atoms with Crippen LogP contribution in [0.3, 0.4) is 0 Å². The minimum absolute atomic E-state index is 0.140. The van der Waals surface area contributed by atoms with Gasteiger partial charge >= 0.3 is 5.97 Å². The fourth-order valence-corrected chi connectivity index (χ4v) is 2.69. The second-order valence-electron chi connectivity index (χ2n) is 5.90. The van der Waals surface area contributed by atoms with E-state index in [1.165, 1.54) is 25.1 Å². The third-order valence-electron chi connectivity index (χ3n) is 3.96. The molecule has 0 spiro atoms. The molecular formula is C14H21N3O2. The van der Waals surface area contributed by atoms with Gasteiger partial charge in [-0.1, -0.05) is 26.7 Å². The second kappa shape index (κ2) is 5.07. The first-order valence-electron chi connectivity index (χ1n) is 6.65. The summed E-state index contributed by atoms with van der Waals surface area (Å²) in [6.07, 6.45) is 6.06. The zero-order chi connectivity index (χ0) is 14.0. The highest BCUT2D eigenvalue weighted by atomic mass is 16.4. The molecule has 1 unspecified atom stereocenters. The predicted octanol–water partition coefficient (Wildman–Crippen LogP) is 2.74. The molecule has 0 saturated heterocycles. The van der Waals surface area contributed by atoms with Crippen molar-refractivity contribution >= 4 is 17.5 Å². The molecule has 0 aliphatic heterocycles. The van der Waals surface area contributed by atoms with E-state index in [0.29, 0.717) is 11.5 Å². The summed E-state index contributed by atoms with van der Waals surface area (Å²) in [5.41, 5.74) is 6.25. The van der Waals surface area contributed by atoms with Crippen molar-refractivity contribution < 1.29 is 9.90 Å². The van der Waals surface area contributed by atoms with E-state index in [1.807, 2.05) is 0 Å². The molecule has 1 atom stereocenters. The van der Waals surface area contributed by atoms with Gasteiger partial charge in [-0.3, -0.25) is 0 Å². The fraction of sp³-hybridized carbons (Fsp3) is 0.571. The van der Waals surface area contributed by atoms with Crippen LogP contribution in [0.15, 0.2) is 12.3 Å². The van der Waals surface area contributed by atoms with Crippen LogP contribution >= 0.6 is 0 Å². The Bertz CT molecular complexity index is 486. The molecular weight excluding hydrogens is 242 g/mol. The largest absolute Gasteiger partial charge is 0.478 e. The van der Waals surface area contributed by atoms with E-state index in [0.717, 1.165) is 12.8 Å². The smallest absolute Gasteiger partial charge is 0.339 e. The molecule has 19 heavy (non-hydrogen) atoms. The fourth-order valence-electron chi connectivity index (χ4n) is 2.69. The lowest BCUT2D eigenvalue weighted by Crippen LogP contribution is -2.39. The molecule has 1 aliphatic rings. The zero-order valence-electron chi connectivity index (χ0n) is 11.4. The van der Waals surface area contributed by atoms with Crippen LogP contribution in [-0.4, -0.2) is 22.1 Å². The first kappa shape index (κ1) is 13.6. The van der Waals surface area contributed by atoms with E-state index in [9.17, 15) is 9.90 Å². The number of anilines is 2. The molecule has 0 bridgehead atoms. The molecule has 4 N–H and O–H groups in total. The van der Waals surface area contributed by atoms with Crippen molar-refractivity contribution in [1.29, 1.82) is 0 Å². The number of aromatic nitrogens is 1. The van der Waals surface area contributed by atoms with Crippen LogP contribution in [0.4, 0.5) is 11.5 Å². The van der Waals surface area contributed by atoms with Gasteiger partial charge in [-0.2, -0.15) is 0 Å². The number of nitrogens with zero attached hydrogens (tertiary/aromatic N) is 1. The monoisotopic (exact) mass is 263 g/mol. The number of nitrogens with one attached hydrogen (secondary N) is 1. The number of carboxylic acids is 1. The Morgan fingerprint density at radius 1 is 1.53 bits per heavy atom. The number of hydrogen-bond donors (Lipinski definition) is 3. The number of aromatic carboxylic acids is 1. The van der Waals surface area contributed by atoms with Crippen molar-refractivity contribution in [2.45, 2.75) is 45.6 Å². The molecule has 5 heteroatoms. The Morgan fingerprint density at radius 3 is 2.89 bits per heavy atom. The minimum Gasteiger partial charge on any atom is -0.478 e.